The van der Waals surface area contributed by atoms with Crippen LogP contribution in [0.25, 0.3) is 0 Å². The van der Waals surface area contributed by atoms with E-state index in [4.69, 9.17) is 11.6 Å². The molecular weight excluding hydrogens is 552 g/mol. The number of aliphatic hydroxyl groups is 1. The summed E-state index contributed by atoms with van der Waals surface area (Å²) in [7, 11) is -3.08. The Morgan fingerprint density at radius 1 is 0.902 bits per heavy atom. The molecule has 0 bridgehead atoms. The summed E-state index contributed by atoms with van der Waals surface area (Å²) in [5.41, 5.74) is 3.70. The molecule has 6 atom stereocenters. The molecule has 3 aliphatic carbocycles. The lowest BCUT2D eigenvalue weighted by atomic mass is 9.52. The molecule has 2 saturated carbocycles. The van der Waals surface area contributed by atoms with Crippen molar-refractivity contribution in [1.82, 2.24) is 0 Å². The van der Waals surface area contributed by atoms with Gasteiger partial charge in [-0.15, -0.1) is 0 Å². The van der Waals surface area contributed by atoms with E-state index in [1.165, 1.54) is 49.7 Å². The SMILES string of the molecule is C[C@]12CC[C@@H]3c4ccc(O)cc4C[C@@H](CCCCCCCCCCS(=O)(=O)Cc4ccc(Cl)cc4)[C@H]3[C@@H]1CC[C@@H]2O. The second kappa shape index (κ2) is 13.4. The first-order valence-corrected chi connectivity index (χ1v) is 18.3. The smallest absolute Gasteiger partial charge is 0.154 e. The Morgan fingerprint density at radius 2 is 1.59 bits per heavy atom. The van der Waals surface area contributed by atoms with E-state index in [0.717, 1.165) is 56.9 Å². The van der Waals surface area contributed by atoms with Crippen molar-refractivity contribution >= 4 is 21.4 Å². The summed E-state index contributed by atoms with van der Waals surface area (Å²) in [5, 5.41) is 21.7. The van der Waals surface area contributed by atoms with Gasteiger partial charge in [0.2, 0.25) is 0 Å². The van der Waals surface area contributed by atoms with E-state index in [2.05, 4.69) is 13.0 Å². The predicted molar refractivity (Wildman–Crippen MR) is 168 cm³/mol. The van der Waals surface area contributed by atoms with Gasteiger partial charge in [0.25, 0.3) is 0 Å². The molecule has 2 aromatic rings. The number of aliphatic hydroxyl groups excluding tert-OH is 1. The van der Waals surface area contributed by atoms with Crippen LogP contribution in [0.2, 0.25) is 5.02 Å². The minimum atomic E-state index is -3.08. The van der Waals surface area contributed by atoms with Crippen LogP contribution in [0.1, 0.15) is 113 Å². The fourth-order valence-corrected chi connectivity index (χ4v) is 10.3. The van der Waals surface area contributed by atoms with Gasteiger partial charge in [-0.1, -0.05) is 81.7 Å². The number of phenolic OH excluding ortho intramolecular Hbond substituents is 1. The Bertz CT molecular complexity index is 1260. The van der Waals surface area contributed by atoms with Gasteiger partial charge in [0.05, 0.1) is 17.6 Å². The Morgan fingerprint density at radius 3 is 2.32 bits per heavy atom. The molecule has 0 saturated heterocycles. The zero-order chi connectivity index (χ0) is 29.0. The van der Waals surface area contributed by atoms with Crippen molar-refractivity contribution in [2.75, 3.05) is 5.75 Å². The highest BCUT2D eigenvalue weighted by atomic mass is 35.5. The van der Waals surface area contributed by atoms with Gasteiger partial charge in [0.15, 0.2) is 9.84 Å². The summed E-state index contributed by atoms with van der Waals surface area (Å²) in [6.07, 6.45) is 15.5. The van der Waals surface area contributed by atoms with Crippen molar-refractivity contribution in [3.63, 3.8) is 0 Å². The number of hydrogen-bond acceptors (Lipinski definition) is 4. The highest BCUT2D eigenvalue weighted by molar-refractivity contribution is 7.90. The van der Waals surface area contributed by atoms with E-state index >= 15 is 0 Å². The topological polar surface area (TPSA) is 74.6 Å². The molecule has 41 heavy (non-hydrogen) atoms. The predicted octanol–water partition coefficient (Wildman–Crippen LogP) is 8.61. The summed E-state index contributed by atoms with van der Waals surface area (Å²) in [6, 6.07) is 13.1. The number of unbranched alkanes of at least 4 members (excludes halogenated alkanes) is 7. The number of hydrogen-bond donors (Lipinski definition) is 2. The minimum absolute atomic E-state index is 0.0724. The molecule has 5 rings (SSSR count). The molecule has 4 nitrogen and oxygen atoms in total. The number of phenols is 1. The minimum Gasteiger partial charge on any atom is -0.508 e. The van der Waals surface area contributed by atoms with Gasteiger partial charge in [-0.05, 0) is 115 Å². The summed E-state index contributed by atoms with van der Waals surface area (Å²) in [5.74, 6) is 3.22. The maximum absolute atomic E-state index is 12.4. The fraction of sp³-hybridized carbons (Fsp3) is 0.657. The Balaban J connectivity index is 1.03. The highest BCUT2D eigenvalue weighted by Crippen LogP contribution is 2.62. The van der Waals surface area contributed by atoms with E-state index in [1.807, 2.05) is 12.1 Å². The number of halogens is 1. The Hall–Kier alpha value is -1.56. The van der Waals surface area contributed by atoms with Gasteiger partial charge in [-0.2, -0.15) is 0 Å². The average Bonchev–Trinajstić information content (AvgIpc) is 3.24. The third-order valence-corrected chi connectivity index (χ3v) is 12.9. The van der Waals surface area contributed by atoms with Crippen LogP contribution in [-0.4, -0.2) is 30.5 Å². The van der Waals surface area contributed by atoms with Crippen LogP contribution in [0.3, 0.4) is 0 Å². The number of fused-ring (bicyclic) bond motifs is 5. The van der Waals surface area contributed by atoms with Crippen molar-refractivity contribution in [3.8, 4) is 5.75 Å². The zero-order valence-corrected chi connectivity index (χ0v) is 26.3. The molecule has 0 heterocycles. The molecule has 2 aromatic carbocycles. The first kappa shape index (κ1) is 30.9. The van der Waals surface area contributed by atoms with Gasteiger partial charge < -0.3 is 10.2 Å². The number of rotatable bonds is 13. The summed E-state index contributed by atoms with van der Waals surface area (Å²) >= 11 is 5.90. The van der Waals surface area contributed by atoms with E-state index < -0.39 is 9.84 Å². The Kier molecular flexibility index (Phi) is 10.1. The van der Waals surface area contributed by atoms with E-state index in [-0.39, 0.29) is 23.0 Å². The van der Waals surface area contributed by atoms with E-state index in [1.54, 1.807) is 24.3 Å². The summed E-state index contributed by atoms with van der Waals surface area (Å²) in [6.45, 7) is 2.35. The standard InChI is InChI=1S/C35H49ClO4S/c1-35-20-19-31-30-16-15-29(37)23-27(30)22-26(34(31)32(35)17-18-33(35)38)10-8-6-4-2-3-5-7-9-21-41(39,40)24-25-11-13-28(36)14-12-25/h11-16,23,26,31-34,37-38H,2-10,17-22,24H2,1H3/t26-,31-,32+,33+,34-,35+/m1/s1. The lowest BCUT2D eigenvalue weighted by Gasteiger charge is -2.53. The molecule has 0 unspecified atom stereocenters. The Labute approximate surface area is 252 Å². The number of sulfone groups is 1. The van der Waals surface area contributed by atoms with Crippen LogP contribution < -0.4 is 0 Å². The first-order valence-electron chi connectivity index (χ1n) is 16.1. The van der Waals surface area contributed by atoms with Gasteiger partial charge in [0.1, 0.15) is 5.75 Å². The highest BCUT2D eigenvalue weighted by Gasteiger charge is 2.56. The molecule has 0 radical (unpaired) electrons. The average molecular weight is 601 g/mol. The normalized spacial score (nSPS) is 29.1. The number of aromatic hydroxyl groups is 1. The molecule has 0 aromatic heterocycles. The summed E-state index contributed by atoms with van der Waals surface area (Å²) in [4.78, 5) is 0. The van der Waals surface area contributed by atoms with Gasteiger partial charge in [-0.25, -0.2) is 8.42 Å². The zero-order valence-electron chi connectivity index (χ0n) is 24.7. The molecule has 2 N–H and O–H groups in total. The van der Waals surface area contributed by atoms with Crippen molar-refractivity contribution < 1.29 is 18.6 Å². The van der Waals surface area contributed by atoms with Crippen LogP contribution in [0, 0.1) is 23.2 Å². The van der Waals surface area contributed by atoms with Crippen molar-refractivity contribution in [1.29, 1.82) is 0 Å². The van der Waals surface area contributed by atoms with Gasteiger partial charge in [0, 0.05) is 5.02 Å². The van der Waals surface area contributed by atoms with Crippen LogP contribution in [0.4, 0.5) is 0 Å². The third kappa shape index (κ3) is 7.33. The second-order valence-electron chi connectivity index (χ2n) is 13.6. The molecule has 0 spiro atoms. The van der Waals surface area contributed by atoms with E-state index in [0.29, 0.717) is 34.4 Å². The van der Waals surface area contributed by atoms with Crippen LogP contribution in [0.15, 0.2) is 42.5 Å². The van der Waals surface area contributed by atoms with Crippen molar-refractivity contribution in [2.45, 2.75) is 115 Å². The lowest BCUT2D eigenvalue weighted by Crippen LogP contribution is -2.47. The molecule has 0 aliphatic heterocycles. The van der Waals surface area contributed by atoms with Crippen LogP contribution >= 0.6 is 11.6 Å². The monoisotopic (exact) mass is 600 g/mol. The molecule has 226 valence electrons. The second-order valence-corrected chi connectivity index (χ2v) is 16.2. The maximum Gasteiger partial charge on any atom is 0.154 e. The number of benzene rings is 2. The lowest BCUT2D eigenvalue weighted by molar-refractivity contribution is -0.0396. The largest absolute Gasteiger partial charge is 0.508 e. The third-order valence-electron chi connectivity index (χ3n) is 10.9. The van der Waals surface area contributed by atoms with Gasteiger partial charge in [-0.3, -0.25) is 0 Å². The summed E-state index contributed by atoms with van der Waals surface area (Å²) < 4.78 is 24.9. The van der Waals surface area contributed by atoms with Crippen LogP contribution in [-0.2, 0) is 22.0 Å². The fourth-order valence-electron chi connectivity index (χ4n) is 8.73. The van der Waals surface area contributed by atoms with Crippen molar-refractivity contribution in [2.24, 2.45) is 23.2 Å². The van der Waals surface area contributed by atoms with E-state index in [9.17, 15) is 18.6 Å². The van der Waals surface area contributed by atoms with Gasteiger partial charge >= 0.3 is 0 Å². The molecule has 6 heteroatoms. The maximum atomic E-state index is 12.4. The molecule has 0 amide bonds. The molecule has 3 aliphatic rings. The first-order chi connectivity index (χ1) is 19.7. The molecular formula is C35H49ClO4S. The molecule has 2 fully saturated rings. The quantitative estimate of drug-likeness (QED) is 0.226. The van der Waals surface area contributed by atoms with Crippen molar-refractivity contribution in [3.05, 3.63) is 64.2 Å². The van der Waals surface area contributed by atoms with Crippen LogP contribution in [0.5, 0.6) is 5.75 Å².